The molecule has 0 N–H and O–H groups in total. The summed E-state index contributed by atoms with van der Waals surface area (Å²) in [4.78, 5) is 24.6. The Morgan fingerprint density at radius 3 is 2.20 bits per heavy atom. The Kier molecular flexibility index (Phi) is 7.44. The monoisotopic (exact) mass is 406 g/mol. The van der Waals surface area contributed by atoms with Crippen molar-refractivity contribution in [3.63, 3.8) is 0 Å². The summed E-state index contributed by atoms with van der Waals surface area (Å²) in [6.45, 7) is -0.0740. The van der Waals surface area contributed by atoms with Crippen LogP contribution in [0.15, 0.2) is 78.9 Å². The maximum atomic E-state index is 12.4. The molecule has 0 aliphatic rings. The van der Waals surface area contributed by atoms with Gasteiger partial charge in [-0.05, 0) is 42.0 Å². The Labute approximate surface area is 175 Å². The van der Waals surface area contributed by atoms with Gasteiger partial charge in [0.05, 0.1) is 13.7 Å². The topological polar surface area (TPSA) is 71.1 Å². The molecule has 0 atom stereocenters. The maximum absolute atomic E-state index is 12.4. The highest BCUT2D eigenvalue weighted by Crippen LogP contribution is 2.20. The molecule has 3 rings (SSSR count). The van der Waals surface area contributed by atoms with Crippen molar-refractivity contribution in [2.45, 2.75) is 6.42 Å². The largest absolute Gasteiger partial charge is 0.497 e. The Hall–Kier alpha value is -3.80. The van der Waals surface area contributed by atoms with Gasteiger partial charge in [-0.3, -0.25) is 0 Å². The minimum absolute atomic E-state index is 0.130. The number of benzene rings is 3. The van der Waals surface area contributed by atoms with Crippen LogP contribution in [0.4, 0.5) is 0 Å². The van der Waals surface area contributed by atoms with Crippen molar-refractivity contribution in [2.75, 3.05) is 20.3 Å². The van der Waals surface area contributed by atoms with Gasteiger partial charge in [-0.25, -0.2) is 9.59 Å². The fourth-order valence-corrected chi connectivity index (χ4v) is 2.67. The molecule has 3 aromatic rings. The number of hydrogen-bond donors (Lipinski definition) is 0. The first-order valence-corrected chi connectivity index (χ1v) is 9.43. The molecule has 0 fully saturated rings. The smallest absolute Gasteiger partial charge is 0.349 e. The molecule has 0 aromatic heterocycles. The number of carbonyl (C=O) groups excluding carboxylic acids is 2. The van der Waals surface area contributed by atoms with E-state index in [0.717, 1.165) is 5.56 Å². The summed E-state index contributed by atoms with van der Waals surface area (Å²) < 4.78 is 21.1. The van der Waals surface area contributed by atoms with E-state index in [4.69, 9.17) is 18.9 Å². The molecule has 0 saturated heterocycles. The molecule has 0 unspecified atom stereocenters. The highest BCUT2D eigenvalue weighted by atomic mass is 16.6. The lowest BCUT2D eigenvalue weighted by Crippen LogP contribution is -2.19. The van der Waals surface area contributed by atoms with Crippen LogP contribution in [0.25, 0.3) is 0 Å². The zero-order valence-corrected chi connectivity index (χ0v) is 16.6. The maximum Gasteiger partial charge on any atom is 0.349 e. The van der Waals surface area contributed by atoms with Gasteiger partial charge in [-0.1, -0.05) is 42.5 Å². The molecule has 30 heavy (non-hydrogen) atoms. The van der Waals surface area contributed by atoms with Gasteiger partial charge in [-0.2, -0.15) is 0 Å². The first kappa shape index (κ1) is 20.9. The molecule has 0 spiro atoms. The molecule has 154 valence electrons. The van der Waals surface area contributed by atoms with Crippen molar-refractivity contribution in [1.29, 1.82) is 0 Å². The third kappa shape index (κ3) is 6.10. The van der Waals surface area contributed by atoms with Gasteiger partial charge in [0.2, 0.25) is 0 Å². The summed E-state index contributed by atoms with van der Waals surface area (Å²) in [6, 6.07) is 23.0. The van der Waals surface area contributed by atoms with Gasteiger partial charge in [0.1, 0.15) is 22.8 Å². The standard InChI is InChI=1S/C24H22O6/c1-27-19-11-13-20(14-12-19)29-17-23(25)30-22-10-6-5-9-21(22)24(26)28-16-15-18-7-3-2-4-8-18/h2-14H,15-17H2,1H3. The Morgan fingerprint density at radius 2 is 1.47 bits per heavy atom. The van der Waals surface area contributed by atoms with Crippen LogP contribution >= 0.6 is 0 Å². The normalized spacial score (nSPS) is 10.2. The summed E-state index contributed by atoms with van der Waals surface area (Å²) in [7, 11) is 1.57. The molecular weight excluding hydrogens is 384 g/mol. The lowest BCUT2D eigenvalue weighted by atomic mass is 10.2. The summed E-state index contributed by atoms with van der Waals surface area (Å²) in [5.41, 5.74) is 1.25. The number of methoxy groups -OCH3 is 1. The molecule has 3 aromatic carbocycles. The van der Waals surface area contributed by atoms with Gasteiger partial charge in [0.15, 0.2) is 6.61 Å². The van der Waals surface area contributed by atoms with Crippen molar-refractivity contribution >= 4 is 11.9 Å². The molecular formula is C24H22O6. The lowest BCUT2D eigenvalue weighted by molar-refractivity contribution is -0.136. The van der Waals surface area contributed by atoms with E-state index in [-0.39, 0.29) is 24.5 Å². The van der Waals surface area contributed by atoms with Crippen LogP contribution in [-0.2, 0) is 16.0 Å². The first-order chi connectivity index (χ1) is 14.7. The van der Waals surface area contributed by atoms with Gasteiger partial charge in [0.25, 0.3) is 0 Å². The summed E-state index contributed by atoms with van der Waals surface area (Å²) in [6.07, 6.45) is 0.601. The highest BCUT2D eigenvalue weighted by molar-refractivity contribution is 5.93. The Bertz CT molecular complexity index is 967. The molecule has 0 heterocycles. The summed E-state index contributed by atoms with van der Waals surface area (Å²) >= 11 is 0. The van der Waals surface area contributed by atoms with E-state index in [2.05, 4.69) is 0 Å². The zero-order valence-electron chi connectivity index (χ0n) is 16.6. The number of rotatable bonds is 9. The molecule has 0 radical (unpaired) electrons. The van der Waals surface area contributed by atoms with E-state index < -0.39 is 11.9 Å². The van der Waals surface area contributed by atoms with E-state index in [1.807, 2.05) is 30.3 Å². The molecule has 0 bridgehead atoms. The quantitative estimate of drug-likeness (QED) is 0.394. The zero-order chi connectivity index (χ0) is 21.2. The second-order valence-corrected chi connectivity index (χ2v) is 6.31. The molecule has 0 amide bonds. The number of esters is 2. The van der Waals surface area contributed by atoms with E-state index >= 15 is 0 Å². The van der Waals surface area contributed by atoms with E-state index in [9.17, 15) is 9.59 Å². The van der Waals surface area contributed by atoms with E-state index in [1.54, 1.807) is 55.6 Å². The number of carbonyl (C=O) groups is 2. The fraction of sp³-hybridized carbons (Fsp3) is 0.167. The lowest BCUT2D eigenvalue weighted by Gasteiger charge is -2.11. The second-order valence-electron chi connectivity index (χ2n) is 6.31. The van der Waals surface area contributed by atoms with Crippen LogP contribution in [0.3, 0.4) is 0 Å². The van der Waals surface area contributed by atoms with Gasteiger partial charge in [-0.15, -0.1) is 0 Å². The van der Waals surface area contributed by atoms with Crippen LogP contribution in [0.1, 0.15) is 15.9 Å². The molecule has 6 heteroatoms. The third-order valence-electron chi connectivity index (χ3n) is 4.21. The molecule has 6 nitrogen and oxygen atoms in total. The number of ether oxygens (including phenoxy) is 4. The first-order valence-electron chi connectivity index (χ1n) is 9.43. The Balaban J connectivity index is 1.53. The third-order valence-corrected chi connectivity index (χ3v) is 4.21. The van der Waals surface area contributed by atoms with Crippen LogP contribution < -0.4 is 14.2 Å². The van der Waals surface area contributed by atoms with Crippen molar-refractivity contribution < 1.29 is 28.5 Å². The van der Waals surface area contributed by atoms with E-state index in [0.29, 0.717) is 17.9 Å². The molecule has 0 aliphatic heterocycles. The minimum Gasteiger partial charge on any atom is -0.497 e. The van der Waals surface area contributed by atoms with Crippen molar-refractivity contribution in [1.82, 2.24) is 0 Å². The van der Waals surface area contributed by atoms with Gasteiger partial charge >= 0.3 is 11.9 Å². The van der Waals surface area contributed by atoms with Crippen LogP contribution in [0.2, 0.25) is 0 Å². The van der Waals surface area contributed by atoms with Crippen LogP contribution in [0, 0.1) is 0 Å². The number of hydrogen-bond acceptors (Lipinski definition) is 6. The van der Waals surface area contributed by atoms with Crippen LogP contribution in [0.5, 0.6) is 17.2 Å². The van der Waals surface area contributed by atoms with Crippen molar-refractivity contribution in [3.8, 4) is 17.2 Å². The van der Waals surface area contributed by atoms with Crippen LogP contribution in [-0.4, -0.2) is 32.3 Å². The molecule has 0 aliphatic carbocycles. The Morgan fingerprint density at radius 1 is 0.800 bits per heavy atom. The minimum atomic E-state index is -0.629. The predicted octanol–water partition coefficient (Wildman–Crippen LogP) is 4.08. The van der Waals surface area contributed by atoms with Crippen molar-refractivity contribution in [3.05, 3.63) is 90.0 Å². The average Bonchev–Trinajstić information content (AvgIpc) is 2.79. The SMILES string of the molecule is COc1ccc(OCC(=O)Oc2ccccc2C(=O)OCCc2ccccc2)cc1. The van der Waals surface area contributed by atoms with Crippen molar-refractivity contribution in [2.24, 2.45) is 0 Å². The highest BCUT2D eigenvalue weighted by Gasteiger charge is 2.16. The second kappa shape index (κ2) is 10.7. The predicted molar refractivity (Wildman–Crippen MR) is 111 cm³/mol. The summed E-state index contributed by atoms with van der Waals surface area (Å²) in [5, 5.41) is 0. The van der Waals surface area contributed by atoms with E-state index in [1.165, 1.54) is 0 Å². The van der Waals surface area contributed by atoms with Gasteiger partial charge < -0.3 is 18.9 Å². The molecule has 0 saturated carbocycles. The fourth-order valence-electron chi connectivity index (χ4n) is 2.67. The summed E-state index contributed by atoms with van der Waals surface area (Å²) in [5.74, 6) is 0.136. The van der Waals surface area contributed by atoms with Gasteiger partial charge in [0, 0.05) is 6.42 Å². The number of para-hydroxylation sites is 1. The average molecular weight is 406 g/mol.